The van der Waals surface area contributed by atoms with Crippen LogP contribution >= 0.6 is 0 Å². The molecule has 1 heterocycles. The van der Waals surface area contributed by atoms with Gasteiger partial charge in [0.2, 0.25) is 0 Å². The van der Waals surface area contributed by atoms with E-state index in [9.17, 15) is 0 Å². The van der Waals surface area contributed by atoms with E-state index >= 15 is 0 Å². The maximum atomic E-state index is 8.77. The summed E-state index contributed by atoms with van der Waals surface area (Å²) in [7, 11) is 0. The van der Waals surface area contributed by atoms with Crippen LogP contribution in [0.1, 0.15) is 11.1 Å². The Morgan fingerprint density at radius 1 is 1.22 bits per heavy atom. The standard InChI is InChI=1S/C14H14N4/c15-10-12-6-8-18-14(9-12)17-7-5-11-1-3-13(16)4-2-11/h1-4,6,8-9H,5,7,16H2,(H,17,18). The number of nitriles is 1. The number of nitrogen functional groups attached to an aromatic ring is 1. The summed E-state index contributed by atoms with van der Waals surface area (Å²) in [6.07, 6.45) is 2.52. The van der Waals surface area contributed by atoms with Crippen LogP contribution in [0, 0.1) is 11.3 Å². The maximum Gasteiger partial charge on any atom is 0.127 e. The zero-order chi connectivity index (χ0) is 12.8. The predicted octanol–water partition coefficient (Wildman–Crippen LogP) is 2.19. The van der Waals surface area contributed by atoms with Gasteiger partial charge in [-0.05, 0) is 36.2 Å². The van der Waals surface area contributed by atoms with E-state index in [1.54, 1.807) is 18.3 Å². The average Bonchev–Trinajstić information content (AvgIpc) is 2.41. The minimum absolute atomic E-state index is 0.611. The summed E-state index contributed by atoms with van der Waals surface area (Å²) in [5.41, 5.74) is 8.22. The lowest BCUT2D eigenvalue weighted by Gasteiger charge is -2.06. The number of benzene rings is 1. The Kier molecular flexibility index (Phi) is 3.77. The van der Waals surface area contributed by atoms with Gasteiger partial charge in [0.05, 0.1) is 11.6 Å². The normalized spacial score (nSPS) is 9.72. The summed E-state index contributed by atoms with van der Waals surface area (Å²) in [6, 6.07) is 13.3. The minimum Gasteiger partial charge on any atom is -0.399 e. The highest BCUT2D eigenvalue weighted by Gasteiger charge is 1.97. The fraction of sp³-hybridized carbons (Fsp3) is 0.143. The number of hydrogen-bond acceptors (Lipinski definition) is 4. The van der Waals surface area contributed by atoms with Gasteiger partial charge in [0.15, 0.2) is 0 Å². The second kappa shape index (κ2) is 5.69. The molecule has 4 heteroatoms. The lowest BCUT2D eigenvalue weighted by Crippen LogP contribution is -2.06. The van der Waals surface area contributed by atoms with Gasteiger partial charge in [-0.3, -0.25) is 0 Å². The molecule has 0 amide bonds. The zero-order valence-electron chi connectivity index (χ0n) is 9.93. The molecule has 0 saturated carbocycles. The molecule has 0 spiro atoms. The number of hydrogen-bond donors (Lipinski definition) is 2. The quantitative estimate of drug-likeness (QED) is 0.801. The van der Waals surface area contributed by atoms with Crippen LogP contribution in [0.15, 0.2) is 42.6 Å². The summed E-state index contributed by atoms with van der Waals surface area (Å²) in [4.78, 5) is 4.15. The first-order chi connectivity index (χ1) is 8.78. The molecule has 0 bridgehead atoms. The predicted molar refractivity (Wildman–Crippen MR) is 72.0 cm³/mol. The SMILES string of the molecule is N#Cc1ccnc(NCCc2ccc(N)cc2)c1. The Morgan fingerprint density at radius 3 is 2.72 bits per heavy atom. The maximum absolute atomic E-state index is 8.77. The van der Waals surface area contributed by atoms with Gasteiger partial charge >= 0.3 is 0 Å². The Morgan fingerprint density at radius 2 is 2.00 bits per heavy atom. The van der Waals surface area contributed by atoms with Gasteiger partial charge in [0, 0.05) is 18.4 Å². The molecule has 0 aliphatic rings. The Labute approximate surface area is 106 Å². The monoisotopic (exact) mass is 238 g/mol. The number of nitrogens with zero attached hydrogens (tertiary/aromatic N) is 2. The van der Waals surface area contributed by atoms with E-state index in [1.165, 1.54) is 5.56 Å². The third-order valence-corrected chi connectivity index (χ3v) is 2.59. The van der Waals surface area contributed by atoms with E-state index in [0.29, 0.717) is 5.56 Å². The van der Waals surface area contributed by atoms with Crippen molar-refractivity contribution in [1.29, 1.82) is 5.26 Å². The number of nitrogens with one attached hydrogen (secondary N) is 1. The molecular weight excluding hydrogens is 224 g/mol. The Hall–Kier alpha value is -2.54. The Balaban J connectivity index is 1.88. The first-order valence-corrected chi connectivity index (χ1v) is 5.72. The first-order valence-electron chi connectivity index (χ1n) is 5.72. The van der Waals surface area contributed by atoms with Gasteiger partial charge < -0.3 is 11.1 Å². The average molecular weight is 238 g/mol. The van der Waals surface area contributed by atoms with Crippen LogP contribution in [0.2, 0.25) is 0 Å². The van der Waals surface area contributed by atoms with E-state index < -0.39 is 0 Å². The third-order valence-electron chi connectivity index (χ3n) is 2.59. The fourth-order valence-electron chi connectivity index (χ4n) is 1.62. The lowest BCUT2D eigenvalue weighted by atomic mass is 10.1. The number of rotatable bonds is 4. The van der Waals surface area contributed by atoms with Crippen LogP contribution in [0.25, 0.3) is 0 Å². The summed E-state index contributed by atoms with van der Waals surface area (Å²) in [5.74, 6) is 0.726. The van der Waals surface area contributed by atoms with Crippen molar-refractivity contribution in [2.45, 2.75) is 6.42 Å². The molecule has 18 heavy (non-hydrogen) atoms. The molecule has 0 radical (unpaired) electrons. The van der Waals surface area contributed by atoms with Gasteiger partial charge in [-0.25, -0.2) is 4.98 Å². The van der Waals surface area contributed by atoms with Crippen molar-refractivity contribution in [2.75, 3.05) is 17.6 Å². The smallest absolute Gasteiger partial charge is 0.127 e. The second-order valence-electron chi connectivity index (χ2n) is 3.96. The van der Waals surface area contributed by atoms with Gasteiger partial charge in [-0.1, -0.05) is 12.1 Å². The Bertz CT molecular complexity index is 555. The fourth-order valence-corrected chi connectivity index (χ4v) is 1.62. The topological polar surface area (TPSA) is 74.7 Å². The van der Waals surface area contributed by atoms with Crippen LogP contribution < -0.4 is 11.1 Å². The number of aromatic nitrogens is 1. The molecule has 90 valence electrons. The molecule has 3 N–H and O–H groups in total. The van der Waals surface area contributed by atoms with Crippen molar-refractivity contribution in [3.8, 4) is 6.07 Å². The van der Waals surface area contributed by atoms with Crippen molar-refractivity contribution in [2.24, 2.45) is 0 Å². The van der Waals surface area contributed by atoms with Gasteiger partial charge in [-0.15, -0.1) is 0 Å². The van der Waals surface area contributed by atoms with Crippen LogP contribution in [0.3, 0.4) is 0 Å². The minimum atomic E-state index is 0.611. The van der Waals surface area contributed by atoms with Crippen molar-refractivity contribution in [3.63, 3.8) is 0 Å². The lowest BCUT2D eigenvalue weighted by molar-refractivity contribution is 1.01. The number of pyridine rings is 1. The van der Waals surface area contributed by atoms with Crippen LogP contribution in [0.5, 0.6) is 0 Å². The highest BCUT2D eigenvalue weighted by molar-refractivity contribution is 5.43. The molecule has 0 aliphatic heterocycles. The van der Waals surface area contributed by atoms with Crippen LogP contribution in [0.4, 0.5) is 11.5 Å². The zero-order valence-corrected chi connectivity index (χ0v) is 9.93. The van der Waals surface area contributed by atoms with Crippen molar-refractivity contribution < 1.29 is 0 Å². The van der Waals surface area contributed by atoms with Crippen molar-refractivity contribution >= 4 is 11.5 Å². The first kappa shape index (κ1) is 11.9. The summed E-state index contributed by atoms with van der Waals surface area (Å²) in [5, 5.41) is 12.0. The summed E-state index contributed by atoms with van der Waals surface area (Å²) >= 11 is 0. The van der Waals surface area contributed by atoms with Crippen LogP contribution in [-0.2, 0) is 6.42 Å². The third kappa shape index (κ3) is 3.22. The summed E-state index contributed by atoms with van der Waals surface area (Å²) in [6.45, 7) is 0.770. The van der Waals surface area contributed by atoms with E-state index in [-0.39, 0.29) is 0 Å². The van der Waals surface area contributed by atoms with Gasteiger partial charge in [-0.2, -0.15) is 5.26 Å². The van der Waals surface area contributed by atoms with Crippen LogP contribution in [-0.4, -0.2) is 11.5 Å². The van der Waals surface area contributed by atoms with Crippen molar-refractivity contribution in [3.05, 3.63) is 53.7 Å². The highest BCUT2D eigenvalue weighted by atomic mass is 15.0. The highest BCUT2D eigenvalue weighted by Crippen LogP contribution is 2.08. The van der Waals surface area contributed by atoms with E-state index in [4.69, 9.17) is 11.0 Å². The largest absolute Gasteiger partial charge is 0.399 e. The van der Waals surface area contributed by atoms with Gasteiger partial charge in [0.25, 0.3) is 0 Å². The molecule has 2 rings (SSSR count). The van der Waals surface area contributed by atoms with E-state index in [1.807, 2.05) is 24.3 Å². The molecule has 1 aromatic carbocycles. The van der Waals surface area contributed by atoms with E-state index in [2.05, 4.69) is 16.4 Å². The molecule has 1 aromatic heterocycles. The molecule has 0 aliphatic carbocycles. The number of anilines is 2. The summed E-state index contributed by atoms with van der Waals surface area (Å²) < 4.78 is 0. The van der Waals surface area contributed by atoms with E-state index in [0.717, 1.165) is 24.5 Å². The molecule has 4 nitrogen and oxygen atoms in total. The molecule has 0 fully saturated rings. The van der Waals surface area contributed by atoms with Crippen molar-refractivity contribution in [1.82, 2.24) is 4.98 Å². The molecule has 0 atom stereocenters. The molecule has 2 aromatic rings. The number of nitrogens with two attached hydrogens (primary N) is 1. The van der Waals surface area contributed by atoms with Gasteiger partial charge in [0.1, 0.15) is 5.82 Å². The molecular formula is C14H14N4. The molecule has 0 saturated heterocycles. The second-order valence-corrected chi connectivity index (χ2v) is 3.96. The molecule has 0 unspecified atom stereocenters.